The molecule has 3 nitrogen and oxygen atoms in total. The minimum atomic E-state index is -2.48. The maximum absolute atomic E-state index is 13.3. The summed E-state index contributed by atoms with van der Waals surface area (Å²) in [6, 6.07) is 19.0. The minimum Gasteiger partial charge on any atom is -0.867 e. The van der Waals surface area contributed by atoms with Crippen LogP contribution in [0.1, 0.15) is 5.56 Å². The van der Waals surface area contributed by atoms with E-state index in [1.165, 1.54) is 0 Å². The molecule has 148 valence electrons. The summed E-state index contributed by atoms with van der Waals surface area (Å²) in [6.07, 6.45) is 3.47. The van der Waals surface area contributed by atoms with Crippen LogP contribution in [0, 0.1) is 0 Å². The normalized spacial score (nSPS) is 11.9. The highest BCUT2D eigenvalue weighted by atomic mass is 79.9. The smallest absolute Gasteiger partial charge is 0.288 e. The third kappa shape index (κ3) is 5.62. The molecule has 0 fully saturated rings. The largest absolute Gasteiger partial charge is 0.867 e. The van der Waals surface area contributed by atoms with E-state index < -0.39 is 5.76 Å². The minimum absolute atomic E-state index is 0.219. The van der Waals surface area contributed by atoms with Gasteiger partial charge in [0.15, 0.2) is 17.4 Å². The summed E-state index contributed by atoms with van der Waals surface area (Å²) in [4.78, 5) is 0.665. The van der Waals surface area contributed by atoms with Crippen LogP contribution in [-0.2, 0) is 0 Å². The van der Waals surface area contributed by atoms with Crippen molar-refractivity contribution in [1.82, 2.24) is 0 Å². The number of aromatic nitrogens is 1. The molecule has 0 radical (unpaired) electrons. The fourth-order valence-electron chi connectivity index (χ4n) is 2.57. The van der Waals surface area contributed by atoms with Gasteiger partial charge in [0.2, 0.25) is 5.70 Å². The molecule has 0 aliphatic rings. The number of anilines is 1. The van der Waals surface area contributed by atoms with Gasteiger partial charge in [-0.15, -0.1) is 0 Å². The van der Waals surface area contributed by atoms with Crippen LogP contribution in [-0.4, -0.2) is 10.7 Å². The summed E-state index contributed by atoms with van der Waals surface area (Å²) in [6.45, 7) is 0. The number of rotatable bonds is 6. The Kier molecular flexibility index (Phi) is 7.35. The van der Waals surface area contributed by atoms with Gasteiger partial charge in [-0.05, 0) is 41.7 Å². The predicted molar refractivity (Wildman–Crippen MR) is 118 cm³/mol. The molecule has 0 saturated heterocycles. The van der Waals surface area contributed by atoms with E-state index in [0.717, 1.165) is 0 Å². The van der Waals surface area contributed by atoms with Crippen LogP contribution < -0.4 is 15.0 Å². The first-order chi connectivity index (χ1) is 14.0. The lowest BCUT2D eigenvalue weighted by molar-refractivity contribution is -0.577. The van der Waals surface area contributed by atoms with Gasteiger partial charge in [-0.25, -0.2) is 0 Å². The lowest BCUT2D eigenvalue weighted by atomic mass is 10.1. The third-order valence-corrected chi connectivity index (χ3v) is 5.57. The van der Waals surface area contributed by atoms with Crippen LogP contribution in [0.25, 0.3) is 11.5 Å². The van der Waals surface area contributed by atoms with Gasteiger partial charge in [0.05, 0.1) is 0 Å². The average Bonchev–Trinajstić information content (AvgIpc) is 2.70. The van der Waals surface area contributed by atoms with Gasteiger partial charge >= 0.3 is 0 Å². The van der Waals surface area contributed by atoms with Gasteiger partial charge in [-0.3, -0.25) is 0 Å². The second-order valence-corrected chi connectivity index (χ2v) is 8.12. The summed E-state index contributed by atoms with van der Waals surface area (Å²) in [5.41, 5.74) is 1.35. The summed E-state index contributed by atoms with van der Waals surface area (Å²) in [5.74, 6) is -2.73. The van der Waals surface area contributed by atoms with E-state index in [9.17, 15) is 13.9 Å². The van der Waals surface area contributed by atoms with Crippen LogP contribution in [0.4, 0.5) is 14.5 Å². The van der Waals surface area contributed by atoms with E-state index in [4.69, 9.17) is 12.2 Å². The Bertz CT molecular complexity index is 1030. The zero-order valence-corrected chi connectivity index (χ0v) is 18.1. The first-order valence-corrected chi connectivity index (χ1v) is 10.5. The molecule has 0 bridgehead atoms. The van der Waals surface area contributed by atoms with Crippen molar-refractivity contribution in [3.63, 3.8) is 0 Å². The molecule has 0 amide bonds. The summed E-state index contributed by atoms with van der Waals surface area (Å²) in [5, 5.41) is 16.3. The number of pyridine rings is 1. The molecular weight excluding hydrogens is 478 g/mol. The quantitative estimate of drug-likeness (QED) is 0.169. The molecule has 0 aliphatic carbocycles. The lowest BCUT2D eigenvalue weighted by Crippen LogP contribution is -2.39. The second-order valence-electron chi connectivity index (χ2n) is 5.80. The molecule has 1 aromatic heterocycles. The number of hydrogen-bond acceptors (Lipinski definition) is 3. The van der Waals surface area contributed by atoms with Gasteiger partial charge in [0, 0.05) is 27.2 Å². The fraction of sp³-hybridized carbons (Fsp3) is 0.0476. The number of alkyl halides is 2. The Labute approximate surface area is 185 Å². The van der Waals surface area contributed by atoms with Crippen molar-refractivity contribution in [2.45, 2.75) is 10.7 Å². The Morgan fingerprint density at radius 3 is 2.28 bits per heavy atom. The van der Waals surface area contributed by atoms with Gasteiger partial charge in [0.25, 0.3) is 5.76 Å². The van der Waals surface area contributed by atoms with Crippen LogP contribution >= 0.6 is 39.9 Å². The highest BCUT2D eigenvalue weighted by Crippen LogP contribution is 2.27. The SMILES string of the molecule is [O-]/C(=C(\C(=S)Nc1ccc(SC(F)F)cc1)[n+]1ccccc1)c1ccccc1Br. The van der Waals surface area contributed by atoms with Crippen molar-refractivity contribution < 1.29 is 18.5 Å². The molecule has 8 heteroatoms. The molecule has 0 atom stereocenters. The van der Waals surface area contributed by atoms with Gasteiger partial charge < -0.3 is 10.4 Å². The summed E-state index contributed by atoms with van der Waals surface area (Å²) in [7, 11) is 0. The Morgan fingerprint density at radius 1 is 1.00 bits per heavy atom. The van der Waals surface area contributed by atoms with Crippen LogP contribution in [0.3, 0.4) is 0 Å². The van der Waals surface area contributed by atoms with Crippen molar-refractivity contribution in [2.24, 2.45) is 0 Å². The van der Waals surface area contributed by atoms with E-state index in [1.54, 1.807) is 71.6 Å². The Hall–Kier alpha value is -2.29. The first kappa shape index (κ1) is 21.4. The molecule has 0 saturated carbocycles. The number of halogens is 3. The highest BCUT2D eigenvalue weighted by molar-refractivity contribution is 9.10. The highest BCUT2D eigenvalue weighted by Gasteiger charge is 2.19. The number of benzene rings is 2. The van der Waals surface area contributed by atoms with E-state index in [-0.39, 0.29) is 16.4 Å². The number of hydrogen-bond donors (Lipinski definition) is 1. The predicted octanol–water partition coefficient (Wildman–Crippen LogP) is 5.18. The van der Waals surface area contributed by atoms with Crippen molar-refractivity contribution in [3.8, 4) is 0 Å². The molecule has 1 N–H and O–H groups in total. The van der Waals surface area contributed by atoms with E-state index >= 15 is 0 Å². The maximum Gasteiger partial charge on any atom is 0.288 e. The Morgan fingerprint density at radius 2 is 1.66 bits per heavy atom. The third-order valence-electron chi connectivity index (χ3n) is 3.86. The van der Waals surface area contributed by atoms with Crippen molar-refractivity contribution >= 4 is 62.0 Å². The van der Waals surface area contributed by atoms with Crippen LogP contribution in [0.2, 0.25) is 0 Å². The summed E-state index contributed by atoms with van der Waals surface area (Å²) >= 11 is 9.41. The molecule has 1 heterocycles. The van der Waals surface area contributed by atoms with Crippen LogP contribution in [0.15, 0.2) is 88.5 Å². The van der Waals surface area contributed by atoms with E-state index in [0.29, 0.717) is 32.4 Å². The van der Waals surface area contributed by atoms with Crippen molar-refractivity contribution in [3.05, 3.63) is 89.2 Å². The van der Waals surface area contributed by atoms with Gasteiger partial charge in [-0.2, -0.15) is 13.3 Å². The fourth-order valence-corrected chi connectivity index (χ4v) is 3.85. The number of nitrogens with zero attached hydrogens (tertiary/aromatic N) is 1. The molecule has 0 unspecified atom stereocenters. The zero-order chi connectivity index (χ0) is 20.8. The van der Waals surface area contributed by atoms with Crippen LogP contribution in [0.5, 0.6) is 0 Å². The molecule has 29 heavy (non-hydrogen) atoms. The summed E-state index contributed by atoms with van der Waals surface area (Å²) < 4.78 is 27.3. The Balaban J connectivity index is 1.96. The second kappa shape index (κ2) is 9.96. The molecular formula is C21H15BrF2N2OS2. The first-order valence-electron chi connectivity index (χ1n) is 8.45. The average molecular weight is 493 g/mol. The molecule has 3 aromatic rings. The van der Waals surface area contributed by atoms with Gasteiger partial charge in [-0.1, -0.05) is 64.2 Å². The number of thiocarbonyl (C=S) groups is 1. The number of thioether (sulfide) groups is 1. The molecule has 0 aliphatic heterocycles. The molecule has 2 aromatic carbocycles. The topological polar surface area (TPSA) is 39.0 Å². The van der Waals surface area contributed by atoms with E-state index in [2.05, 4.69) is 21.2 Å². The van der Waals surface area contributed by atoms with Crippen molar-refractivity contribution in [1.29, 1.82) is 0 Å². The molecule has 3 rings (SSSR count). The standard InChI is InChI=1S/C21H15BrF2N2OS2/c22-17-7-3-2-6-16(17)19(27)18(26-12-4-1-5-13-26)20(28)25-14-8-10-15(11-9-14)29-21(23)24/h1-13,21H,(H-,25,27,28). The molecule has 0 spiro atoms. The maximum atomic E-state index is 13.3. The van der Waals surface area contributed by atoms with Crippen molar-refractivity contribution in [2.75, 3.05) is 5.32 Å². The monoisotopic (exact) mass is 492 g/mol. The number of nitrogens with one attached hydrogen (secondary N) is 1. The van der Waals surface area contributed by atoms with Gasteiger partial charge in [0.1, 0.15) is 0 Å². The zero-order valence-electron chi connectivity index (χ0n) is 14.9. The van der Waals surface area contributed by atoms with E-state index in [1.807, 2.05) is 12.1 Å². The lowest BCUT2D eigenvalue weighted by Gasteiger charge is -2.18.